The van der Waals surface area contributed by atoms with Crippen LogP contribution in [0.2, 0.25) is 0 Å². The number of hydrogen-bond donors (Lipinski definition) is 0. The Morgan fingerprint density at radius 3 is 2.58 bits per heavy atom. The number of aromatic nitrogens is 1. The molecular weight excluding hydrogens is 411 g/mol. The van der Waals surface area contributed by atoms with Crippen LogP contribution in [0, 0.1) is 12.7 Å². The first-order valence-electron chi connectivity index (χ1n) is 12.2. The van der Waals surface area contributed by atoms with Crippen LogP contribution in [0.25, 0.3) is 44.3 Å². The highest BCUT2D eigenvalue weighted by Gasteiger charge is 2.26. The van der Waals surface area contributed by atoms with Crippen LogP contribution in [0.4, 0.5) is 10.1 Å². The number of pyridine rings is 1. The first-order valence-corrected chi connectivity index (χ1v) is 11.2. The number of nitrogens with zero attached hydrogens (tertiary/aromatic N) is 2. The number of rotatable bonds is 2. The molecule has 0 saturated heterocycles. The van der Waals surface area contributed by atoms with Crippen molar-refractivity contribution in [1.29, 1.82) is 0 Å². The van der Waals surface area contributed by atoms with Gasteiger partial charge in [0.1, 0.15) is 24.0 Å². The molecule has 3 nitrogen and oxygen atoms in total. The van der Waals surface area contributed by atoms with Gasteiger partial charge < -0.3 is 9.32 Å². The minimum atomic E-state index is -1.47. The quantitative estimate of drug-likeness (QED) is 0.290. The highest BCUT2D eigenvalue weighted by atomic mass is 19.1. The number of aryl methyl sites for hydroxylation is 3. The molecule has 0 unspecified atom stereocenters. The molecule has 0 radical (unpaired) electrons. The van der Waals surface area contributed by atoms with Gasteiger partial charge in [0.05, 0.1) is 11.1 Å². The lowest BCUT2D eigenvalue weighted by Crippen LogP contribution is -2.30. The van der Waals surface area contributed by atoms with E-state index in [1.54, 1.807) is 6.07 Å². The van der Waals surface area contributed by atoms with Gasteiger partial charge in [-0.3, -0.25) is 0 Å². The highest BCUT2D eigenvalue weighted by molar-refractivity contribution is 6.14. The van der Waals surface area contributed by atoms with Gasteiger partial charge in [-0.05, 0) is 49.0 Å². The molecule has 3 heterocycles. The Morgan fingerprint density at radius 2 is 1.76 bits per heavy atom. The van der Waals surface area contributed by atoms with E-state index < -0.39 is 6.37 Å². The van der Waals surface area contributed by atoms with E-state index in [-0.39, 0.29) is 5.82 Å². The van der Waals surface area contributed by atoms with Crippen molar-refractivity contribution in [2.45, 2.75) is 19.7 Å². The molecule has 4 heteroatoms. The topological polar surface area (TPSA) is 20.3 Å². The molecule has 0 spiro atoms. The summed E-state index contributed by atoms with van der Waals surface area (Å²) in [6.45, 7) is 2.61. The summed E-state index contributed by atoms with van der Waals surface area (Å²) in [4.78, 5) is 2.02. The van der Waals surface area contributed by atoms with Gasteiger partial charge in [0.25, 0.3) is 0 Å². The fraction of sp³-hybridized carbons (Fsp3) is 0.207. The van der Waals surface area contributed by atoms with Crippen molar-refractivity contribution in [1.82, 2.24) is 0 Å². The summed E-state index contributed by atoms with van der Waals surface area (Å²) in [5.41, 5.74) is 6.62. The zero-order chi connectivity index (χ0) is 24.5. The smallest absolute Gasteiger partial charge is 0.216 e. The summed E-state index contributed by atoms with van der Waals surface area (Å²) in [7, 11) is 3.94. The zero-order valence-electron chi connectivity index (χ0n) is 20.9. The monoisotopic (exact) mass is 439 g/mol. The number of benzene rings is 3. The molecule has 0 bridgehead atoms. The maximum atomic E-state index is 15.6. The molecule has 1 aliphatic rings. The Balaban J connectivity index is 1.71. The lowest BCUT2D eigenvalue weighted by molar-refractivity contribution is -0.660. The fourth-order valence-corrected chi connectivity index (χ4v) is 5.10. The summed E-state index contributed by atoms with van der Waals surface area (Å²) >= 11 is 0. The lowest BCUT2D eigenvalue weighted by Gasteiger charge is -2.30. The van der Waals surface area contributed by atoms with Crippen LogP contribution >= 0.6 is 0 Å². The van der Waals surface area contributed by atoms with Crippen LogP contribution in [0.3, 0.4) is 0 Å². The predicted molar refractivity (Wildman–Crippen MR) is 132 cm³/mol. The third-order valence-electron chi connectivity index (χ3n) is 6.73. The summed E-state index contributed by atoms with van der Waals surface area (Å²) in [5, 5.41) is 1.77. The van der Waals surface area contributed by atoms with Crippen molar-refractivity contribution in [2.75, 3.05) is 18.5 Å². The second-order valence-electron chi connectivity index (χ2n) is 8.78. The second-order valence-corrected chi connectivity index (χ2v) is 8.78. The summed E-state index contributed by atoms with van der Waals surface area (Å²) in [5.74, 6) is -0.381. The minimum absolute atomic E-state index is 0.376. The van der Waals surface area contributed by atoms with Crippen molar-refractivity contribution in [3.8, 4) is 22.4 Å². The Bertz CT molecular complexity index is 1640. The third kappa shape index (κ3) is 2.97. The molecule has 1 aliphatic heterocycles. The van der Waals surface area contributed by atoms with Crippen molar-refractivity contribution in [3.63, 3.8) is 0 Å². The summed E-state index contributed by atoms with van der Waals surface area (Å²) < 4.78 is 41.3. The standard InChI is InChI=1S/C29H26FN2O/c1-18-12-13-20-21-14-15-23(30)26(22-10-6-8-19-9-7-17-32(3)27(19)22)29(21)33-28(20)25(18)24-11-4-5-16-31(24)2/h4-6,8,10-16H,7,9,17H2,1-3H3/q+1/i9D2. The molecule has 2 aromatic heterocycles. The Kier molecular flexibility index (Phi) is 4.03. The van der Waals surface area contributed by atoms with E-state index in [0.29, 0.717) is 35.2 Å². The largest absolute Gasteiger partial charge is 0.454 e. The number of anilines is 1. The maximum Gasteiger partial charge on any atom is 0.216 e. The molecule has 0 atom stereocenters. The molecule has 6 rings (SSSR count). The number of halogens is 1. The molecule has 33 heavy (non-hydrogen) atoms. The molecule has 0 N–H and O–H groups in total. The van der Waals surface area contributed by atoms with Crippen LogP contribution in [0.5, 0.6) is 0 Å². The molecule has 0 saturated carbocycles. The van der Waals surface area contributed by atoms with Crippen molar-refractivity contribution < 1.29 is 16.1 Å². The van der Waals surface area contributed by atoms with Crippen molar-refractivity contribution in [3.05, 3.63) is 83.8 Å². The van der Waals surface area contributed by atoms with Gasteiger partial charge in [0.2, 0.25) is 5.69 Å². The number of para-hydroxylation sites is 1. The number of furan rings is 1. The normalized spacial score (nSPS) is 16.1. The van der Waals surface area contributed by atoms with Gasteiger partial charge in [-0.1, -0.05) is 30.3 Å². The van der Waals surface area contributed by atoms with E-state index in [4.69, 9.17) is 7.16 Å². The van der Waals surface area contributed by atoms with Crippen LogP contribution in [-0.4, -0.2) is 13.6 Å². The molecule has 0 aliphatic carbocycles. The Hall–Kier alpha value is -3.66. The fourth-order valence-electron chi connectivity index (χ4n) is 5.10. The Labute approximate surface area is 195 Å². The highest BCUT2D eigenvalue weighted by Crippen LogP contribution is 2.45. The first-order chi connectivity index (χ1) is 16.8. The number of hydrogen-bond acceptors (Lipinski definition) is 2. The maximum absolute atomic E-state index is 15.6. The van der Waals surface area contributed by atoms with Gasteiger partial charge in [0, 0.05) is 50.5 Å². The van der Waals surface area contributed by atoms with Gasteiger partial charge in [0.15, 0.2) is 6.20 Å². The lowest BCUT2D eigenvalue weighted by atomic mass is 9.93. The van der Waals surface area contributed by atoms with Gasteiger partial charge in [-0.25, -0.2) is 8.96 Å². The van der Waals surface area contributed by atoms with Crippen LogP contribution < -0.4 is 9.47 Å². The van der Waals surface area contributed by atoms with Crippen LogP contribution in [0.15, 0.2) is 71.3 Å². The van der Waals surface area contributed by atoms with E-state index in [1.165, 1.54) is 6.07 Å². The van der Waals surface area contributed by atoms with E-state index in [0.717, 1.165) is 38.9 Å². The van der Waals surface area contributed by atoms with E-state index in [9.17, 15) is 0 Å². The average molecular weight is 440 g/mol. The minimum Gasteiger partial charge on any atom is -0.454 e. The van der Waals surface area contributed by atoms with E-state index in [1.807, 2.05) is 61.6 Å². The molecule has 164 valence electrons. The van der Waals surface area contributed by atoms with Crippen LogP contribution in [-0.2, 0) is 13.4 Å². The second kappa shape index (κ2) is 7.45. The summed E-state index contributed by atoms with van der Waals surface area (Å²) in [6, 6.07) is 18.9. The van der Waals surface area contributed by atoms with Crippen molar-refractivity contribution in [2.24, 2.45) is 7.05 Å². The SMILES string of the molecule is [2H]C1([2H])CCN(C)c2c(-c3c(F)ccc4c3oc3c(-c5cccc[n+]5C)c(C)ccc34)cccc21. The number of fused-ring (bicyclic) bond motifs is 4. The molecule has 0 amide bonds. The van der Waals surface area contributed by atoms with Gasteiger partial charge in [-0.2, -0.15) is 0 Å². The van der Waals surface area contributed by atoms with Gasteiger partial charge >= 0.3 is 0 Å². The van der Waals surface area contributed by atoms with Crippen molar-refractivity contribution >= 4 is 27.6 Å². The third-order valence-corrected chi connectivity index (χ3v) is 6.73. The Morgan fingerprint density at radius 1 is 0.970 bits per heavy atom. The molecule has 3 aromatic carbocycles. The van der Waals surface area contributed by atoms with Crippen LogP contribution in [0.1, 0.15) is 20.3 Å². The molecule has 5 aromatic rings. The first kappa shape index (κ1) is 17.8. The average Bonchev–Trinajstić information content (AvgIpc) is 3.20. The zero-order valence-corrected chi connectivity index (χ0v) is 18.9. The summed E-state index contributed by atoms with van der Waals surface area (Å²) in [6.07, 6.45) is 0.928. The van der Waals surface area contributed by atoms with E-state index >= 15 is 4.39 Å². The molecule has 0 fully saturated rings. The predicted octanol–water partition coefficient (Wildman–Crippen LogP) is 6.57. The van der Waals surface area contributed by atoms with E-state index in [2.05, 4.69) is 23.6 Å². The van der Waals surface area contributed by atoms with Gasteiger partial charge in [-0.15, -0.1) is 0 Å². The molecular formula is C29H26FN2O+.